The summed E-state index contributed by atoms with van der Waals surface area (Å²) in [6.07, 6.45) is 0. The van der Waals surface area contributed by atoms with E-state index < -0.39 is 5.97 Å². The molecule has 0 bridgehead atoms. The molecule has 3 aromatic rings. The van der Waals surface area contributed by atoms with E-state index in [4.69, 9.17) is 5.73 Å². The van der Waals surface area contributed by atoms with Crippen LogP contribution < -0.4 is 5.73 Å². The van der Waals surface area contributed by atoms with Crippen LogP contribution in [0.15, 0.2) is 36.4 Å². The van der Waals surface area contributed by atoms with E-state index in [1.54, 1.807) is 12.1 Å². The molecule has 2 aromatic carbocycles. The highest BCUT2D eigenvalue weighted by Gasteiger charge is 2.15. The Labute approximate surface area is 134 Å². The van der Waals surface area contributed by atoms with Crippen molar-refractivity contribution in [3.63, 3.8) is 0 Å². The Balaban J connectivity index is 2.16. The maximum atomic E-state index is 11.4. The van der Waals surface area contributed by atoms with Gasteiger partial charge in [-0.05, 0) is 48.7 Å². The van der Waals surface area contributed by atoms with Crippen molar-refractivity contribution in [3.05, 3.63) is 64.5 Å². The molecule has 1 heterocycles. The second kappa shape index (κ2) is 5.85. The van der Waals surface area contributed by atoms with Gasteiger partial charge in [-0.15, -0.1) is 0 Å². The third kappa shape index (κ3) is 2.71. The minimum absolute atomic E-state index is 0.307. The average molecular weight is 309 g/mol. The number of fused-ring (bicyclic) bond motifs is 1. The summed E-state index contributed by atoms with van der Waals surface area (Å²) in [6, 6.07) is 11.2. The number of benzene rings is 2. The molecule has 0 fully saturated rings. The fourth-order valence-corrected chi connectivity index (χ4v) is 2.80. The van der Waals surface area contributed by atoms with E-state index in [-0.39, 0.29) is 0 Å². The number of nitrogens with zero attached hydrogens (tertiary/aromatic N) is 2. The molecule has 0 atom stereocenters. The van der Waals surface area contributed by atoms with Crippen molar-refractivity contribution in [2.24, 2.45) is 5.73 Å². The Morgan fingerprint density at radius 3 is 2.61 bits per heavy atom. The van der Waals surface area contributed by atoms with Gasteiger partial charge < -0.3 is 15.4 Å². The predicted molar refractivity (Wildman–Crippen MR) is 89.6 cm³/mol. The molecular weight excluding hydrogens is 290 g/mol. The molecule has 0 saturated heterocycles. The second-order valence-corrected chi connectivity index (χ2v) is 5.71. The molecule has 0 aliphatic carbocycles. The van der Waals surface area contributed by atoms with E-state index in [0.717, 1.165) is 22.4 Å². The molecule has 0 amide bonds. The smallest absolute Gasteiger partial charge is 0.336 e. The number of nitrogens with two attached hydrogens (primary N) is 1. The van der Waals surface area contributed by atoms with Gasteiger partial charge in [-0.25, -0.2) is 9.78 Å². The molecule has 5 heteroatoms. The quantitative estimate of drug-likeness (QED) is 0.776. The number of aromatic nitrogens is 2. The summed E-state index contributed by atoms with van der Waals surface area (Å²) in [5, 5.41) is 9.36. The number of carboxylic acids is 1. The number of rotatable bonds is 4. The van der Waals surface area contributed by atoms with Crippen LogP contribution in [0.2, 0.25) is 0 Å². The number of aryl methyl sites for hydroxylation is 2. The molecule has 0 unspecified atom stereocenters. The van der Waals surface area contributed by atoms with Crippen molar-refractivity contribution < 1.29 is 9.90 Å². The van der Waals surface area contributed by atoms with E-state index in [1.165, 1.54) is 11.1 Å². The molecule has 3 N–H and O–H groups in total. The molecule has 0 saturated carbocycles. The van der Waals surface area contributed by atoms with Gasteiger partial charge >= 0.3 is 5.97 Å². The summed E-state index contributed by atoms with van der Waals surface area (Å²) in [4.78, 5) is 16.0. The van der Waals surface area contributed by atoms with Crippen LogP contribution in [0.1, 0.15) is 32.9 Å². The van der Waals surface area contributed by atoms with Gasteiger partial charge in [0.1, 0.15) is 5.82 Å². The summed E-state index contributed by atoms with van der Waals surface area (Å²) < 4.78 is 2.00. The molecule has 0 aliphatic rings. The number of carboxylic acid groups (broad SMARTS) is 1. The van der Waals surface area contributed by atoms with Crippen molar-refractivity contribution in [1.29, 1.82) is 0 Å². The maximum absolute atomic E-state index is 11.4. The van der Waals surface area contributed by atoms with E-state index in [9.17, 15) is 9.90 Å². The first-order valence-electron chi connectivity index (χ1n) is 7.49. The van der Waals surface area contributed by atoms with Crippen LogP contribution in [0, 0.1) is 13.8 Å². The third-order valence-corrected chi connectivity index (χ3v) is 4.20. The minimum atomic E-state index is -0.925. The lowest BCUT2D eigenvalue weighted by molar-refractivity contribution is 0.0695. The maximum Gasteiger partial charge on any atom is 0.336 e. The topological polar surface area (TPSA) is 81.1 Å². The molecule has 0 radical (unpaired) electrons. The largest absolute Gasteiger partial charge is 0.478 e. The Morgan fingerprint density at radius 1 is 1.22 bits per heavy atom. The first kappa shape index (κ1) is 15.2. The Hall–Kier alpha value is -2.66. The molecule has 0 aliphatic heterocycles. The normalized spacial score (nSPS) is 11.1. The summed E-state index contributed by atoms with van der Waals surface area (Å²) >= 11 is 0. The zero-order valence-corrected chi connectivity index (χ0v) is 13.2. The predicted octanol–water partition coefficient (Wildman–Crippen LogP) is 2.86. The molecule has 5 nitrogen and oxygen atoms in total. The van der Waals surface area contributed by atoms with Crippen LogP contribution in [0.4, 0.5) is 0 Å². The van der Waals surface area contributed by atoms with E-state index in [1.807, 2.05) is 22.8 Å². The summed E-state index contributed by atoms with van der Waals surface area (Å²) in [6.45, 7) is 4.85. The second-order valence-electron chi connectivity index (χ2n) is 5.71. The number of aromatic carboxylic acids is 1. The average Bonchev–Trinajstić information content (AvgIpc) is 2.85. The summed E-state index contributed by atoms with van der Waals surface area (Å²) in [5.41, 5.74) is 11.1. The number of hydrogen-bond acceptors (Lipinski definition) is 3. The molecule has 0 spiro atoms. The monoisotopic (exact) mass is 309 g/mol. The van der Waals surface area contributed by atoms with Crippen LogP contribution >= 0.6 is 0 Å². The third-order valence-electron chi connectivity index (χ3n) is 4.20. The van der Waals surface area contributed by atoms with Gasteiger partial charge in [-0.3, -0.25) is 0 Å². The standard InChI is InChI=1S/C18H19N3O2/c1-11-7-15-16(8-12(11)2)21(17(9-19)20-15)10-13-5-3-4-6-14(13)18(22)23/h3-8H,9-10,19H2,1-2H3,(H,22,23). The molecule has 23 heavy (non-hydrogen) atoms. The SMILES string of the molecule is Cc1cc2nc(CN)n(Cc3ccccc3C(=O)O)c2cc1C. The lowest BCUT2D eigenvalue weighted by Gasteiger charge is -2.11. The van der Waals surface area contributed by atoms with Crippen LogP contribution in [0.3, 0.4) is 0 Å². The van der Waals surface area contributed by atoms with Gasteiger partial charge in [0.25, 0.3) is 0 Å². The van der Waals surface area contributed by atoms with Gasteiger partial charge in [0.05, 0.1) is 29.7 Å². The minimum Gasteiger partial charge on any atom is -0.478 e. The Morgan fingerprint density at radius 2 is 1.91 bits per heavy atom. The van der Waals surface area contributed by atoms with Crippen molar-refractivity contribution in [1.82, 2.24) is 9.55 Å². The van der Waals surface area contributed by atoms with Crippen LogP contribution in [-0.2, 0) is 13.1 Å². The highest BCUT2D eigenvalue weighted by atomic mass is 16.4. The molecule has 3 rings (SSSR count). The van der Waals surface area contributed by atoms with Gasteiger partial charge in [0.15, 0.2) is 0 Å². The fraction of sp³-hybridized carbons (Fsp3) is 0.222. The van der Waals surface area contributed by atoms with Crippen LogP contribution in [0.5, 0.6) is 0 Å². The fourth-order valence-electron chi connectivity index (χ4n) is 2.80. The highest BCUT2D eigenvalue weighted by Crippen LogP contribution is 2.23. The lowest BCUT2D eigenvalue weighted by Crippen LogP contribution is -2.12. The van der Waals surface area contributed by atoms with E-state index in [2.05, 4.69) is 24.9 Å². The van der Waals surface area contributed by atoms with Crippen LogP contribution in [-0.4, -0.2) is 20.6 Å². The first-order valence-corrected chi connectivity index (χ1v) is 7.49. The number of hydrogen-bond donors (Lipinski definition) is 2. The highest BCUT2D eigenvalue weighted by molar-refractivity contribution is 5.89. The van der Waals surface area contributed by atoms with Crippen molar-refractivity contribution >= 4 is 17.0 Å². The molecular formula is C18H19N3O2. The number of carbonyl (C=O) groups is 1. The van der Waals surface area contributed by atoms with Gasteiger partial charge in [-0.2, -0.15) is 0 Å². The van der Waals surface area contributed by atoms with Gasteiger partial charge in [0.2, 0.25) is 0 Å². The van der Waals surface area contributed by atoms with E-state index >= 15 is 0 Å². The zero-order valence-electron chi connectivity index (χ0n) is 13.2. The van der Waals surface area contributed by atoms with Crippen LogP contribution in [0.25, 0.3) is 11.0 Å². The van der Waals surface area contributed by atoms with E-state index in [0.29, 0.717) is 18.7 Å². The Bertz CT molecular complexity index is 897. The summed E-state index contributed by atoms with van der Waals surface area (Å²) in [7, 11) is 0. The molecule has 1 aromatic heterocycles. The lowest BCUT2D eigenvalue weighted by atomic mass is 10.1. The zero-order chi connectivity index (χ0) is 16.6. The number of imidazole rings is 1. The van der Waals surface area contributed by atoms with Crippen molar-refractivity contribution in [2.75, 3.05) is 0 Å². The summed E-state index contributed by atoms with van der Waals surface area (Å²) in [5.74, 6) is -0.170. The van der Waals surface area contributed by atoms with Crippen molar-refractivity contribution in [2.45, 2.75) is 26.9 Å². The van der Waals surface area contributed by atoms with Gasteiger partial charge in [0, 0.05) is 0 Å². The first-order chi connectivity index (χ1) is 11.0. The Kier molecular flexibility index (Phi) is 3.88. The molecule has 118 valence electrons. The van der Waals surface area contributed by atoms with Crippen molar-refractivity contribution in [3.8, 4) is 0 Å². The van der Waals surface area contributed by atoms with Gasteiger partial charge in [-0.1, -0.05) is 18.2 Å².